The minimum absolute atomic E-state index is 0.119. The largest absolute Gasteiger partial charge is 0.263 e. The van der Waals surface area contributed by atoms with E-state index in [2.05, 4.69) is 61.7 Å². The van der Waals surface area contributed by atoms with Gasteiger partial charge in [-0.25, -0.2) is 20.2 Å². The summed E-state index contributed by atoms with van der Waals surface area (Å²) in [6.45, 7) is 23.8. The van der Waals surface area contributed by atoms with E-state index in [0.717, 1.165) is 35.4 Å². The highest BCUT2D eigenvalue weighted by atomic mass is 32.1. The lowest BCUT2D eigenvalue weighted by Gasteiger charge is -2.14. The van der Waals surface area contributed by atoms with Gasteiger partial charge in [0, 0.05) is 38.7 Å². The lowest BCUT2D eigenvalue weighted by Crippen LogP contribution is -2.03. The number of thiophene rings is 4. The van der Waals surface area contributed by atoms with Gasteiger partial charge in [0.05, 0.1) is 25.3 Å². The van der Waals surface area contributed by atoms with Crippen molar-refractivity contribution in [3.8, 4) is 31.6 Å². The van der Waals surface area contributed by atoms with E-state index in [1.54, 1.807) is 34.8 Å². The molecule has 2 unspecified atom stereocenters. The van der Waals surface area contributed by atoms with Crippen LogP contribution in [0, 0.1) is 47.6 Å². The molecule has 0 aliphatic heterocycles. The van der Waals surface area contributed by atoms with E-state index in [1.165, 1.54) is 78.6 Å². The van der Waals surface area contributed by atoms with Crippen LogP contribution >= 0.6 is 45.3 Å². The summed E-state index contributed by atoms with van der Waals surface area (Å²) in [6, 6.07) is 13.1. The maximum absolute atomic E-state index is 9.38. The van der Waals surface area contributed by atoms with Gasteiger partial charge in [0.1, 0.15) is 0 Å². The average Bonchev–Trinajstić information content (AvgIpc) is 3.85. The molecule has 0 saturated carbocycles. The molecule has 236 valence electrons. The molecule has 0 aromatic carbocycles. The van der Waals surface area contributed by atoms with Gasteiger partial charge in [0.25, 0.3) is 11.4 Å². The standard InChI is InChI=1S/C38H40N4S4/c1-7-11-13-25(9-3)15-27-17-31(19-29(23-39)41-5)43-37(27)35-21-33-34(45-35)22-36(46-33)38-28(16-26(10-4)14-12-8-2)18-32(44-38)20-30(24-40)42-6/h17-22,25-26H,7-16H2,1-4H3/b29-19-,30-20+. The lowest BCUT2D eigenvalue weighted by molar-refractivity contribution is 0.450. The summed E-state index contributed by atoms with van der Waals surface area (Å²) < 4.78 is 2.52. The minimum atomic E-state index is 0.119. The van der Waals surface area contributed by atoms with Crippen molar-refractivity contribution in [1.29, 1.82) is 10.5 Å². The third kappa shape index (κ3) is 8.85. The molecule has 4 rings (SSSR count). The Morgan fingerprint density at radius 2 is 1.11 bits per heavy atom. The first-order valence-corrected chi connectivity index (χ1v) is 19.4. The monoisotopic (exact) mass is 680 g/mol. The molecule has 0 fully saturated rings. The van der Waals surface area contributed by atoms with E-state index < -0.39 is 0 Å². The summed E-state index contributed by atoms with van der Waals surface area (Å²) in [5.41, 5.74) is 2.87. The Kier molecular flexibility index (Phi) is 13.4. The number of nitrogens with zero attached hydrogens (tertiary/aromatic N) is 4. The number of unbranched alkanes of at least 4 members (excludes halogenated alkanes) is 2. The summed E-state index contributed by atoms with van der Waals surface area (Å²) in [6.07, 6.45) is 15.0. The molecule has 0 spiro atoms. The van der Waals surface area contributed by atoms with Crippen LogP contribution in [0.4, 0.5) is 0 Å². The molecule has 4 aromatic rings. The third-order valence-corrected chi connectivity index (χ3v) is 13.3. The van der Waals surface area contributed by atoms with Crippen LogP contribution < -0.4 is 0 Å². The third-order valence-electron chi connectivity index (χ3n) is 8.44. The Morgan fingerprint density at radius 1 is 0.696 bits per heavy atom. The van der Waals surface area contributed by atoms with Crippen LogP contribution in [-0.4, -0.2) is 0 Å². The topological polar surface area (TPSA) is 56.3 Å². The first kappa shape index (κ1) is 35.4. The molecule has 0 aliphatic rings. The lowest BCUT2D eigenvalue weighted by atomic mass is 9.92. The predicted molar refractivity (Wildman–Crippen MR) is 201 cm³/mol. The van der Waals surface area contributed by atoms with Crippen LogP contribution in [0.5, 0.6) is 0 Å². The molecule has 4 heterocycles. The predicted octanol–water partition coefficient (Wildman–Crippen LogP) is 13.5. The van der Waals surface area contributed by atoms with E-state index in [0.29, 0.717) is 11.8 Å². The van der Waals surface area contributed by atoms with E-state index in [1.807, 2.05) is 34.8 Å². The molecule has 0 saturated heterocycles. The molecule has 0 aliphatic carbocycles. The van der Waals surface area contributed by atoms with Crippen LogP contribution in [0.3, 0.4) is 0 Å². The molecule has 8 heteroatoms. The Labute approximate surface area is 290 Å². The van der Waals surface area contributed by atoms with Gasteiger partial charge in [-0.3, -0.25) is 0 Å². The van der Waals surface area contributed by atoms with Crippen molar-refractivity contribution in [2.75, 3.05) is 0 Å². The molecule has 2 atom stereocenters. The molecule has 0 radical (unpaired) electrons. The highest BCUT2D eigenvalue weighted by molar-refractivity contribution is 7.33. The Bertz CT molecular complexity index is 1670. The Balaban J connectivity index is 1.74. The maximum Gasteiger partial charge on any atom is 0.263 e. The number of fused-ring (bicyclic) bond motifs is 1. The summed E-state index contributed by atoms with van der Waals surface area (Å²) in [7, 11) is 0. The van der Waals surface area contributed by atoms with E-state index in [9.17, 15) is 10.5 Å². The Hall–Kier alpha value is -3.50. The van der Waals surface area contributed by atoms with Crippen LogP contribution in [0.2, 0.25) is 0 Å². The van der Waals surface area contributed by atoms with E-state index in [4.69, 9.17) is 13.1 Å². The summed E-state index contributed by atoms with van der Waals surface area (Å²) in [5.74, 6) is 1.23. The molecule has 4 aromatic heterocycles. The van der Waals surface area contributed by atoms with Gasteiger partial charge in [-0.05, 0) is 72.2 Å². The fourth-order valence-corrected chi connectivity index (χ4v) is 10.7. The highest BCUT2D eigenvalue weighted by Crippen LogP contribution is 2.48. The van der Waals surface area contributed by atoms with Crippen molar-refractivity contribution < 1.29 is 0 Å². The van der Waals surface area contributed by atoms with Gasteiger partial charge < -0.3 is 0 Å². The average molecular weight is 681 g/mol. The summed E-state index contributed by atoms with van der Waals surface area (Å²) in [4.78, 5) is 13.7. The van der Waals surface area contributed by atoms with Crippen LogP contribution in [-0.2, 0) is 12.8 Å². The SMILES string of the molecule is [C-]#[N+]/C(C#N)=C\c1cc(CC(CC)CCCC)c(-c2cc3sc(-c4sc(/C=C(\C#N)[N+]#[C-])cc4CC(CC)CCCC)cc3s2)s1. The van der Waals surface area contributed by atoms with Crippen molar-refractivity contribution in [3.63, 3.8) is 0 Å². The fraction of sp³-hybridized carbons (Fsp3) is 0.421. The normalized spacial score (nSPS) is 13.2. The van der Waals surface area contributed by atoms with Gasteiger partial charge in [-0.2, -0.15) is 0 Å². The van der Waals surface area contributed by atoms with Gasteiger partial charge in [0.2, 0.25) is 0 Å². The number of hydrogen-bond donors (Lipinski definition) is 0. The minimum Gasteiger partial charge on any atom is -0.227 e. The van der Waals surface area contributed by atoms with Gasteiger partial charge >= 0.3 is 0 Å². The first-order valence-electron chi connectivity index (χ1n) is 16.2. The van der Waals surface area contributed by atoms with Crippen molar-refractivity contribution >= 4 is 66.9 Å². The van der Waals surface area contributed by atoms with Crippen molar-refractivity contribution in [3.05, 3.63) is 79.4 Å². The molecule has 0 amide bonds. The second kappa shape index (κ2) is 17.4. The zero-order chi connectivity index (χ0) is 33.1. The van der Waals surface area contributed by atoms with E-state index in [-0.39, 0.29) is 11.4 Å². The first-order chi connectivity index (χ1) is 22.4. The van der Waals surface area contributed by atoms with Gasteiger partial charge in [0.15, 0.2) is 0 Å². The second-order valence-corrected chi connectivity index (χ2v) is 16.0. The quantitative estimate of drug-likeness (QED) is 0.0873. The van der Waals surface area contributed by atoms with Crippen LogP contribution in [0.1, 0.15) is 99.9 Å². The van der Waals surface area contributed by atoms with Crippen LogP contribution in [0.15, 0.2) is 35.7 Å². The van der Waals surface area contributed by atoms with Crippen molar-refractivity contribution in [2.24, 2.45) is 11.8 Å². The van der Waals surface area contributed by atoms with Gasteiger partial charge in [-0.1, -0.05) is 79.1 Å². The van der Waals surface area contributed by atoms with Crippen molar-refractivity contribution in [2.45, 2.75) is 91.9 Å². The molecule has 4 nitrogen and oxygen atoms in total. The van der Waals surface area contributed by atoms with E-state index >= 15 is 0 Å². The zero-order valence-corrected chi connectivity index (χ0v) is 30.4. The fourth-order valence-electron chi connectivity index (χ4n) is 5.78. The molecule has 46 heavy (non-hydrogen) atoms. The molecule has 0 N–H and O–H groups in total. The van der Waals surface area contributed by atoms with Gasteiger partial charge in [-0.15, -0.1) is 45.3 Å². The Morgan fingerprint density at radius 3 is 1.43 bits per heavy atom. The highest BCUT2D eigenvalue weighted by Gasteiger charge is 2.21. The number of rotatable bonds is 16. The molecular formula is C38H40N4S4. The number of allylic oxidation sites excluding steroid dienone is 2. The summed E-state index contributed by atoms with van der Waals surface area (Å²) >= 11 is 7.02. The second-order valence-electron chi connectivity index (χ2n) is 11.7. The number of nitriles is 2. The summed E-state index contributed by atoms with van der Waals surface area (Å²) in [5, 5.41) is 18.8. The number of hydrogen-bond acceptors (Lipinski definition) is 6. The molecular weight excluding hydrogens is 641 g/mol. The maximum atomic E-state index is 9.38. The van der Waals surface area contributed by atoms with Crippen LogP contribution in [0.25, 0.3) is 50.8 Å². The van der Waals surface area contributed by atoms with Crippen molar-refractivity contribution in [1.82, 2.24) is 0 Å². The molecule has 0 bridgehead atoms. The zero-order valence-electron chi connectivity index (χ0n) is 27.1. The smallest absolute Gasteiger partial charge is 0.227 e.